The Morgan fingerprint density at radius 3 is 2.31 bits per heavy atom. The fraction of sp³-hybridized carbons (Fsp3) is 0.250. The highest BCUT2D eigenvalue weighted by Gasteiger charge is 2.07. The van der Waals surface area contributed by atoms with Gasteiger partial charge in [-0.1, -0.05) is 0 Å². The number of rotatable bonds is 1. The zero-order chi connectivity index (χ0) is 11.9. The molecule has 0 saturated carbocycles. The third-order valence-electron chi connectivity index (χ3n) is 2.68. The van der Waals surface area contributed by atoms with Gasteiger partial charge in [0.15, 0.2) is 0 Å². The lowest BCUT2D eigenvalue weighted by molar-refractivity contribution is 0.973. The summed E-state index contributed by atoms with van der Waals surface area (Å²) in [5.41, 5.74) is 15.9. The second kappa shape index (κ2) is 3.56. The van der Waals surface area contributed by atoms with Crippen LogP contribution in [0.2, 0.25) is 0 Å². The van der Waals surface area contributed by atoms with Crippen LogP contribution in [-0.2, 0) is 0 Å². The van der Waals surface area contributed by atoms with Crippen LogP contribution in [0.3, 0.4) is 0 Å². The lowest BCUT2D eigenvalue weighted by atomic mass is 10.1. The number of nitrogen functional groups attached to an aromatic ring is 2. The van der Waals surface area contributed by atoms with Crippen molar-refractivity contribution in [3.8, 4) is 5.69 Å². The first-order chi connectivity index (χ1) is 7.49. The molecule has 0 atom stereocenters. The summed E-state index contributed by atoms with van der Waals surface area (Å²) in [6.45, 7) is 5.89. The number of hydrogen-bond acceptors (Lipinski definition) is 3. The molecule has 0 spiro atoms. The summed E-state index contributed by atoms with van der Waals surface area (Å²) in [7, 11) is 0. The number of imidazole rings is 1. The van der Waals surface area contributed by atoms with E-state index in [4.69, 9.17) is 11.5 Å². The van der Waals surface area contributed by atoms with E-state index in [0.29, 0.717) is 11.4 Å². The van der Waals surface area contributed by atoms with E-state index in [0.717, 1.165) is 22.8 Å². The summed E-state index contributed by atoms with van der Waals surface area (Å²) < 4.78 is 2.01. The van der Waals surface area contributed by atoms with Crippen molar-refractivity contribution in [1.29, 1.82) is 0 Å². The monoisotopic (exact) mass is 216 g/mol. The zero-order valence-electron chi connectivity index (χ0n) is 9.78. The molecule has 0 saturated heterocycles. The Hall–Kier alpha value is -1.97. The molecule has 4 heteroatoms. The van der Waals surface area contributed by atoms with Gasteiger partial charge in [-0.2, -0.15) is 0 Å². The first-order valence-electron chi connectivity index (χ1n) is 5.17. The van der Waals surface area contributed by atoms with Crippen LogP contribution >= 0.6 is 0 Å². The Bertz CT molecular complexity index is 517. The van der Waals surface area contributed by atoms with Gasteiger partial charge < -0.3 is 16.0 Å². The van der Waals surface area contributed by atoms with Gasteiger partial charge in [0.05, 0.1) is 17.1 Å². The van der Waals surface area contributed by atoms with Crippen molar-refractivity contribution in [3.05, 3.63) is 35.4 Å². The molecule has 16 heavy (non-hydrogen) atoms. The first kappa shape index (κ1) is 10.5. The van der Waals surface area contributed by atoms with Gasteiger partial charge in [0.1, 0.15) is 5.82 Å². The predicted molar refractivity (Wildman–Crippen MR) is 66.6 cm³/mol. The third-order valence-corrected chi connectivity index (χ3v) is 2.68. The number of nitrogens with zero attached hydrogens (tertiary/aromatic N) is 2. The molecule has 0 aliphatic carbocycles. The molecule has 84 valence electrons. The summed E-state index contributed by atoms with van der Waals surface area (Å²) >= 11 is 0. The maximum atomic E-state index is 5.86. The second-order valence-corrected chi connectivity index (χ2v) is 4.07. The third kappa shape index (κ3) is 1.62. The van der Waals surface area contributed by atoms with Crippen LogP contribution in [0.1, 0.15) is 17.1 Å². The van der Waals surface area contributed by atoms with Crippen LogP contribution in [0, 0.1) is 20.8 Å². The van der Waals surface area contributed by atoms with E-state index >= 15 is 0 Å². The number of aromatic nitrogens is 2. The van der Waals surface area contributed by atoms with Gasteiger partial charge in [0.25, 0.3) is 0 Å². The van der Waals surface area contributed by atoms with E-state index in [1.165, 1.54) is 0 Å². The molecule has 0 radical (unpaired) electrons. The molecule has 0 aliphatic heterocycles. The van der Waals surface area contributed by atoms with Crippen molar-refractivity contribution < 1.29 is 0 Å². The molecule has 2 aromatic rings. The Balaban J connectivity index is 2.61. The minimum Gasteiger partial charge on any atom is -0.397 e. The molecule has 4 nitrogen and oxygen atoms in total. The number of nitrogens with two attached hydrogens (primary N) is 2. The lowest BCUT2D eigenvalue weighted by Gasteiger charge is -2.10. The molecule has 4 N–H and O–H groups in total. The summed E-state index contributed by atoms with van der Waals surface area (Å²) in [6.07, 6.45) is 1.99. The van der Waals surface area contributed by atoms with Crippen LogP contribution in [0.15, 0.2) is 18.3 Å². The molecular formula is C12H16N4. The van der Waals surface area contributed by atoms with E-state index < -0.39 is 0 Å². The van der Waals surface area contributed by atoms with Crippen LogP contribution in [0.25, 0.3) is 5.69 Å². The van der Waals surface area contributed by atoms with E-state index in [9.17, 15) is 0 Å². The standard InChI is InChI=1S/C12H16N4/c1-7-4-10(5-11(13)12(7)14)16-6-8(2)15-9(16)3/h4-6H,13-14H2,1-3H3. The smallest absolute Gasteiger partial charge is 0.110 e. The highest BCUT2D eigenvalue weighted by atomic mass is 15.1. The van der Waals surface area contributed by atoms with Crippen molar-refractivity contribution in [2.75, 3.05) is 11.5 Å². The molecule has 1 heterocycles. The molecule has 2 rings (SSSR count). The van der Waals surface area contributed by atoms with Gasteiger partial charge in [0, 0.05) is 11.9 Å². The lowest BCUT2D eigenvalue weighted by Crippen LogP contribution is -2.02. The van der Waals surface area contributed by atoms with Crippen LogP contribution < -0.4 is 11.5 Å². The molecule has 0 amide bonds. The average Bonchev–Trinajstić information content (AvgIpc) is 2.53. The highest BCUT2D eigenvalue weighted by Crippen LogP contribution is 2.24. The number of anilines is 2. The normalized spacial score (nSPS) is 10.7. The van der Waals surface area contributed by atoms with Gasteiger partial charge >= 0.3 is 0 Å². The Morgan fingerprint density at radius 1 is 1.12 bits per heavy atom. The minimum absolute atomic E-state index is 0.612. The summed E-state index contributed by atoms with van der Waals surface area (Å²) in [5.74, 6) is 0.945. The zero-order valence-corrected chi connectivity index (χ0v) is 9.78. The topological polar surface area (TPSA) is 69.9 Å². The predicted octanol–water partition coefficient (Wildman–Crippen LogP) is 1.96. The molecular weight excluding hydrogens is 200 g/mol. The largest absolute Gasteiger partial charge is 0.397 e. The minimum atomic E-state index is 0.612. The van der Waals surface area contributed by atoms with Crippen molar-refractivity contribution in [2.45, 2.75) is 20.8 Å². The molecule has 0 unspecified atom stereocenters. The van der Waals surface area contributed by atoms with Crippen molar-refractivity contribution in [2.24, 2.45) is 0 Å². The van der Waals surface area contributed by atoms with Crippen molar-refractivity contribution >= 4 is 11.4 Å². The van der Waals surface area contributed by atoms with E-state index in [2.05, 4.69) is 4.98 Å². The Morgan fingerprint density at radius 2 is 1.81 bits per heavy atom. The van der Waals surface area contributed by atoms with E-state index in [-0.39, 0.29) is 0 Å². The van der Waals surface area contributed by atoms with E-state index in [1.54, 1.807) is 0 Å². The summed E-state index contributed by atoms with van der Waals surface area (Å²) in [5, 5.41) is 0. The number of hydrogen-bond donors (Lipinski definition) is 2. The second-order valence-electron chi connectivity index (χ2n) is 4.07. The fourth-order valence-corrected chi connectivity index (χ4v) is 1.82. The quantitative estimate of drug-likeness (QED) is 0.716. The summed E-state index contributed by atoms with van der Waals surface area (Å²) in [4.78, 5) is 4.36. The van der Waals surface area contributed by atoms with Gasteiger partial charge in [-0.05, 0) is 38.5 Å². The Labute approximate surface area is 94.9 Å². The van der Waals surface area contributed by atoms with Gasteiger partial charge in [-0.15, -0.1) is 0 Å². The van der Waals surface area contributed by atoms with Crippen molar-refractivity contribution in [1.82, 2.24) is 9.55 Å². The fourth-order valence-electron chi connectivity index (χ4n) is 1.82. The van der Waals surface area contributed by atoms with Crippen molar-refractivity contribution in [3.63, 3.8) is 0 Å². The maximum absolute atomic E-state index is 5.86. The van der Waals surface area contributed by atoms with Gasteiger partial charge in [0.2, 0.25) is 0 Å². The molecule has 0 fully saturated rings. The van der Waals surface area contributed by atoms with Crippen LogP contribution in [-0.4, -0.2) is 9.55 Å². The van der Waals surface area contributed by atoms with Gasteiger partial charge in [-0.25, -0.2) is 4.98 Å². The SMILES string of the molecule is Cc1cn(-c2cc(C)c(N)c(N)c2)c(C)n1. The Kier molecular flexibility index (Phi) is 2.34. The average molecular weight is 216 g/mol. The van der Waals surface area contributed by atoms with E-state index in [1.807, 2.05) is 43.7 Å². The maximum Gasteiger partial charge on any atom is 0.110 e. The summed E-state index contributed by atoms with van der Waals surface area (Å²) in [6, 6.07) is 3.89. The molecule has 0 aliphatic rings. The first-order valence-corrected chi connectivity index (χ1v) is 5.17. The number of aryl methyl sites for hydroxylation is 3. The molecule has 1 aromatic heterocycles. The number of benzene rings is 1. The van der Waals surface area contributed by atoms with Crippen LogP contribution in [0.4, 0.5) is 11.4 Å². The molecule has 1 aromatic carbocycles. The highest BCUT2D eigenvalue weighted by molar-refractivity contribution is 5.70. The van der Waals surface area contributed by atoms with Crippen LogP contribution in [0.5, 0.6) is 0 Å². The van der Waals surface area contributed by atoms with Gasteiger partial charge in [-0.3, -0.25) is 0 Å². The molecule has 0 bridgehead atoms.